The monoisotopic (exact) mass is 504 g/mol. The lowest BCUT2D eigenvalue weighted by atomic mass is 9.63. The number of carbonyl (C=O) groups excluding carboxylic acids is 1. The van der Waals surface area contributed by atoms with E-state index in [1.165, 1.54) is 17.5 Å². The van der Waals surface area contributed by atoms with Crippen LogP contribution in [0.2, 0.25) is 0 Å². The van der Waals surface area contributed by atoms with Gasteiger partial charge in [0.25, 0.3) is 0 Å². The van der Waals surface area contributed by atoms with Crippen molar-refractivity contribution in [1.82, 2.24) is 0 Å². The van der Waals surface area contributed by atoms with Gasteiger partial charge in [-0.2, -0.15) is 0 Å². The molecule has 0 aromatic heterocycles. The molecule has 1 aliphatic rings. The maximum atomic E-state index is 12.1. The molecule has 0 saturated carbocycles. The average Bonchev–Trinajstić information content (AvgIpc) is 2.91. The van der Waals surface area contributed by atoms with Crippen LogP contribution in [0.4, 0.5) is 0 Å². The number of para-hydroxylation sites is 1. The van der Waals surface area contributed by atoms with Crippen molar-refractivity contribution in [3.63, 3.8) is 0 Å². The summed E-state index contributed by atoms with van der Waals surface area (Å²) in [6, 6.07) is 28.3. The van der Waals surface area contributed by atoms with E-state index in [4.69, 9.17) is 4.74 Å². The lowest BCUT2D eigenvalue weighted by Crippen LogP contribution is -2.33. The summed E-state index contributed by atoms with van der Waals surface area (Å²) < 4.78 is 5.14. The summed E-state index contributed by atoms with van der Waals surface area (Å²) in [5.74, 6) is -0.0473. The molecule has 4 aromatic carbocycles. The summed E-state index contributed by atoms with van der Waals surface area (Å²) in [4.78, 5) is 12.1. The van der Waals surface area contributed by atoms with Crippen molar-refractivity contribution < 1.29 is 14.6 Å². The SMILES string of the molecule is CCOC(=O)c1ccc(-c2ccc(-c3ccccc3O)c(-c3ccc4c(c3)C(C)(C)CCC4(C)C)c2)cc1. The number of aromatic hydroxyl groups is 1. The third-order valence-corrected chi connectivity index (χ3v) is 8.11. The zero-order chi connectivity index (χ0) is 27.1. The molecule has 0 spiro atoms. The molecule has 1 aliphatic carbocycles. The van der Waals surface area contributed by atoms with Crippen LogP contribution in [-0.4, -0.2) is 17.7 Å². The Bertz CT molecular complexity index is 1490. The Hall–Kier alpha value is -3.85. The molecule has 0 radical (unpaired) electrons. The average molecular weight is 505 g/mol. The Morgan fingerprint density at radius 1 is 0.711 bits per heavy atom. The van der Waals surface area contributed by atoms with Crippen LogP contribution in [0, 0.1) is 0 Å². The van der Waals surface area contributed by atoms with E-state index < -0.39 is 0 Å². The van der Waals surface area contributed by atoms with E-state index in [9.17, 15) is 9.90 Å². The highest BCUT2D eigenvalue weighted by molar-refractivity contribution is 5.91. The van der Waals surface area contributed by atoms with Gasteiger partial charge in [0.15, 0.2) is 0 Å². The second-order valence-corrected chi connectivity index (χ2v) is 11.6. The van der Waals surface area contributed by atoms with Crippen molar-refractivity contribution in [2.45, 2.75) is 58.3 Å². The maximum Gasteiger partial charge on any atom is 0.338 e. The Morgan fingerprint density at radius 3 is 2.03 bits per heavy atom. The number of hydrogen-bond donors (Lipinski definition) is 1. The van der Waals surface area contributed by atoms with Crippen molar-refractivity contribution in [3.05, 3.63) is 102 Å². The van der Waals surface area contributed by atoms with Crippen molar-refractivity contribution in [1.29, 1.82) is 0 Å². The van der Waals surface area contributed by atoms with E-state index in [1.54, 1.807) is 6.07 Å². The summed E-state index contributed by atoms with van der Waals surface area (Å²) >= 11 is 0. The van der Waals surface area contributed by atoms with Crippen LogP contribution in [-0.2, 0) is 15.6 Å². The number of rotatable bonds is 5. The fourth-order valence-electron chi connectivity index (χ4n) is 5.67. The zero-order valence-corrected chi connectivity index (χ0v) is 23.0. The molecule has 4 aromatic rings. The Balaban J connectivity index is 1.67. The fourth-order valence-corrected chi connectivity index (χ4v) is 5.67. The molecule has 3 heteroatoms. The fraction of sp³-hybridized carbons (Fsp3) is 0.286. The maximum absolute atomic E-state index is 12.1. The molecule has 5 rings (SSSR count). The molecule has 0 saturated heterocycles. The lowest BCUT2D eigenvalue weighted by Gasteiger charge is -2.42. The number of esters is 1. The Labute approximate surface area is 226 Å². The van der Waals surface area contributed by atoms with Crippen molar-refractivity contribution in [2.24, 2.45) is 0 Å². The quantitative estimate of drug-likeness (QED) is 0.276. The predicted molar refractivity (Wildman–Crippen MR) is 156 cm³/mol. The third-order valence-electron chi connectivity index (χ3n) is 8.11. The number of phenols is 1. The first-order chi connectivity index (χ1) is 18.1. The Morgan fingerprint density at radius 2 is 1.34 bits per heavy atom. The molecule has 0 fully saturated rings. The van der Waals surface area contributed by atoms with E-state index >= 15 is 0 Å². The van der Waals surface area contributed by atoms with Gasteiger partial charge in [-0.25, -0.2) is 4.79 Å². The molecule has 1 N–H and O–H groups in total. The number of phenolic OH excluding ortho intramolecular Hbond substituents is 1. The molecule has 0 amide bonds. The summed E-state index contributed by atoms with van der Waals surface area (Å²) in [7, 11) is 0. The van der Waals surface area contributed by atoms with Gasteiger partial charge in [0, 0.05) is 5.56 Å². The van der Waals surface area contributed by atoms with Crippen molar-refractivity contribution >= 4 is 5.97 Å². The topological polar surface area (TPSA) is 46.5 Å². The van der Waals surface area contributed by atoms with Gasteiger partial charge in [0.2, 0.25) is 0 Å². The molecule has 0 heterocycles. The third kappa shape index (κ3) is 4.74. The first kappa shape index (κ1) is 25.8. The van der Waals surface area contributed by atoms with Gasteiger partial charge in [-0.15, -0.1) is 0 Å². The van der Waals surface area contributed by atoms with Gasteiger partial charge in [-0.3, -0.25) is 0 Å². The number of ether oxygens (including phenoxy) is 1. The zero-order valence-electron chi connectivity index (χ0n) is 23.0. The van der Waals surface area contributed by atoms with Crippen LogP contribution in [0.5, 0.6) is 5.75 Å². The van der Waals surface area contributed by atoms with Gasteiger partial charge in [0.05, 0.1) is 12.2 Å². The molecular weight excluding hydrogens is 468 g/mol. The van der Waals surface area contributed by atoms with Gasteiger partial charge < -0.3 is 9.84 Å². The Kier molecular flexibility index (Phi) is 6.65. The van der Waals surface area contributed by atoms with E-state index in [2.05, 4.69) is 64.1 Å². The van der Waals surface area contributed by atoms with E-state index in [0.717, 1.165) is 39.8 Å². The van der Waals surface area contributed by atoms with E-state index in [1.807, 2.05) is 49.4 Å². The molecule has 0 unspecified atom stereocenters. The van der Waals surface area contributed by atoms with Crippen LogP contribution < -0.4 is 0 Å². The molecule has 0 atom stereocenters. The highest BCUT2D eigenvalue weighted by Crippen LogP contribution is 2.48. The number of hydrogen-bond acceptors (Lipinski definition) is 3. The first-order valence-corrected chi connectivity index (χ1v) is 13.5. The molecular formula is C35H36O3. The molecule has 194 valence electrons. The summed E-state index contributed by atoms with van der Waals surface area (Å²) in [5.41, 5.74) is 9.68. The second kappa shape index (κ2) is 9.79. The molecule has 38 heavy (non-hydrogen) atoms. The van der Waals surface area contributed by atoms with Gasteiger partial charge >= 0.3 is 5.97 Å². The van der Waals surface area contributed by atoms with Gasteiger partial charge in [-0.1, -0.05) is 88.4 Å². The molecule has 3 nitrogen and oxygen atoms in total. The minimum absolute atomic E-state index is 0.0937. The van der Waals surface area contributed by atoms with Crippen molar-refractivity contribution in [2.75, 3.05) is 6.61 Å². The minimum atomic E-state index is -0.311. The van der Waals surface area contributed by atoms with Crippen LogP contribution in [0.25, 0.3) is 33.4 Å². The minimum Gasteiger partial charge on any atom is -0.507 e. The highest BCUT2D eigenvalue weighted by atomic mass is 16.5. The van der Waals surface area contributed by atoms with Crippen LogP contribution >= 0.6 is 0 Å². The molecule has 0 aliphatic heterocycles. The van der Waals surface area contributed by atoms with Crippen molar-refractivity contribution in [3.8, 4) is 39.1 Å². The van der Waals surface area contributed by atoms with Crippen LogP contribution in [0.15, 0.2) is 84.9 Å². The summed E-state index contributed by atoms with van der Waals surface area (Å²) in [6.07, 6.45) is 2.32. The lowest BCUT2D eigenvalue weighted by molar-refractivity contribution is 0.0526. The first-order valence-electron chi connectivity index (χ1n) is 13.5. The largest absolute Gasteiger partial charge is 0.507 e. The number of benzene rings is 4. The summed E-state index contributed by atoms with van der Waals surface area (Å²) in [6.45, 7) is 11.5. The van der Waals surface area contributed by atoms with Crippen LogP contribution in [0.1, 0.15) is 68.9 Å². The number of carbonyl (C=O) groups is 1. The molecule has 0 bridgehead atoms. The normalized spacial score (nSPS) is 15.5. The van der Waals surface area contributed by atoms with E-state index in [0.29, 0.717) is 12.2 Å². The van der Waals surface area contributed by atoms with Gasteiger partial charge in [-0.05, 0) is 93.8 Å². The van der Waals surface area contributed by atoms with Crippen LogP contribution in [0.3, 0.4) is 0 Å². The predicted octanol–water partition coefficient (Wildman–Crippen LogP) is 8.92. The second-order valence-electron chi connectivity index (χ2n) is 11.6. The number of fused-ring (bicyclic) bond motifs is 1. The van der Waals surface area contributed by atoms with E-state index in [-0.39, 0.29) is 22.5 Å². The van der Waals surface area contributed by atoms with Gasteiger partial charge in [0.1, 0.15) is 5.75 Å². The smallest absolute Gasteiger partial charge is 0.338 e. The standard InChI is InChI=1S/C35H36O3/c1-6-38-33(37)24-13-11-23(12-14-24)25-15-17-27(28-9-7-8-10-32(28)36)29(21-25)26-16-18-30-31(22-26)35(4,5)20-19-34(30,2)3/h7-18,21-22,36H,6,19-20H2,1-5H3. The summed E-state index contributed by atoms with van der Waals surface area (Å²) in [5, 5.41) is 10.7. The highest BCUT2D eigenvalue weighted by Gasteiger charge is 2.37.